The lowest BCUT2D eigenvalue weighted by atomic mass is 10.1. The highest BCUT2D eigenvalue weighted by atomic mass is 16.7. The van der Waals surface area contributed by atoms with Crippen molar-refractivity contribution < 1.29 is 23.8 Å². The molecule has 1 rings (SSSR count). The van der Waals surface area contributed by atoms with Crippen LogP contribution >= 0.6 is 0 Å². The second-order valence-electron chi connectivity index (χ2n) is 2.98. The van der Waals surface area contributed by atoms with Crippen molar-refractivity contribution in [2.45, 2.75) is 13.0 Å². The number of ether oxygens (including phenoxy) is 3. The molecule has 14 heavy (non-hydrogen) atoms. The predicted molar refractivity (Wildman–Crippen MR) is 46.2 cm³/mol. The van der Waals surface area contributed by atoms with Gasteiger partial charge >= 0.3 is 11.9 Å². The zero-order valence-electron chi connectivity index (χ0n) is 7.89. The number of cyclic esters (lactones) is 1. The molecule has 5 heteroatoms. The molecule has 0 radical (unpaired) electrons. The fourth-order valence-electron chi connectivity index (χ4n) is 1.07. The third kappa shape index (κ3) is 2.56. The Bertz CT molecular complexity index is 248. The maximum Gasteiger partial charge on any atom is 0.335 e. The fourth-order valence-corrected chi connectivity index (χ4v) is 1.07. The van der Waals surface area contributed by atoms with E-state index in [1.807, 2.05) is 6.92 Å². The third-order valence-corrected chi connectivity index (χ3v) is 1.85. The normalized spacial score (nSPS) is 25.6. The van der Waals surface area contributed by atoms with Gasteiger partial charge in [0.25, 0.3) is 0 Å². The van der Waals surface area contributed by atoms with Crippen LogP contribution in [0.4, 0.5) is 0 Å². The van der Waals surface area contributed by atoms with E-state index in [0.29, 0.717) is 6.61 Å². The van der Waals surface area contributed by atoms with Gasteiger partial charge in [-0.15, -0.1) is 0 Å². The lowest BCUT2D eigenvalue weighted by molar-refractivity contribution is -0.166. The number of carbonyl (C=O) groups is 2. The second kappa shape index (κ2) is 4.76. The minimum Gasteiger partial charge on any atom is -0.463 e. The van der Waals surface area contributed by atoms with Gasteiger partial charge in [-0.25, -0.2) is 9.59 Å². The molecule has 0 N–H and O–H groups in total. The monoisotopic (exact) mass is 200 g/mol. The molecule has 1 aliphatic rings. The van der Waals surface area contributed by atoms with E-state index < -0.39 is 18.0 Å². The molecule has 0 aliphatic carbocycles. The average Bonchev–Trinajstić information content (AvgIpc) is 2.48. The van der Waals surface area contributed by atoms with E-state index in [9.17, 15) is 9.59 Å². The molecule has 2 unspecified atom stereocenters. The van der Waals surface area contributed by atoms with Crippen LogP contribution < -0.4 is 0 Å². The van der Waals surface area contributed by atoms with E-state index in [0.717, 1.165) is 6.08 Å². The van der Waals surface area contributed by atoms with Gasteiger partial charge in [0, 0.05) is 12.0 Å². The predicted octanol–water partition coefficient (Wildman–Crippen LogP) is 0.251. The van der Waals surface area contributed by atoms with Gasteiger partial charge in [0.2, 0.25) is 0 Å². The van der Waals surface area contributed by atoms with Gasteiger partial charge in [-0.2, -0.15) is 0 Å². The Morgan fingerprint density at radius 3 is 3.00 bits per heavy atom. The first-order chi connectivity index (χ1) is 6.65. The summed E-state index contributed by atoms with van der Waals surface area (Å²) in [5.41, 5.74) is 0. The first-order valence-electron chi connectivity index (χ1n) is 4.22. The van der Waals surface area contributed by atoms with Crippen molar-refractivity contribution in [3.05, 3.63) is 12.7 Å². The van der Waals surface area contributed by atoms with E-state index in [4.69, 9.17) is 9.47 Å². The Balaban J connectivity index is 2.27. The number of esters is 2. The molecular weight excluding hydrogens is 188 g/mol. The van der Waals surface area contributed by atoms with E-state index in [-0.39, 0.29) is 12.7 Å². The topological polar surface area (TPSA) is 61.8 Å². The van der Waals surface area contributed by atoms with Gasteiger partial charge in [-0.05, 0) is 0 Å². The molecule has 0 aromatic carbocycles. The summed E-state index contributed by atoms with van der Waals surface area (Å²) in [7, 11) is 0. The van der Waals surface area contributed by atoms with Gasteiger partial charge in [-0.1, -0.05) is 13.5 Å². The van der Waals surface area contributed by atoms with E-state index in [2.05, 4.69) is 11.3 Å². The van der Waals surface area contributed by atoms with Gasteiger partial charge in [-0.3, -0.25) is 0 Å². The van der Waals surface area contributed by atoms with Crippen LogP contribution in [0, 0.1) is 5.92 Å². The van der Waals surface area contributed by atoms with Crippen molar-refractivity contribution in [3.8, 4) is 0 Å². The smallest absolute Gasteiger partial charge is 0.335 e. The third-order valence-electron chi connectivity index (χ3n) is 1.85. The number of hydrogen-bond acceptors (Lipinski definition) is 5. The van der Waals surface area contributed by atoms with Crippen LogP contribution in [0.3, 0.4) is 0 Å². The number of rotatable bonds is 4. The molecule has 1 fully saturated rings. The van der Waals surface area contributed by atoms with Crippen molar-refractivity contribution >= 4 is 11.9 Å². The summed E-state index contributed by atoms with van der Waals surface area (Å²) in [6.07, 6.45) is 0.396. The van der Waals surface area contributed by atoms with Crippen LogP contribution in [0.25, 0.3) is 0 Å². The molecule has 2 atom stereocenters. The zero-order chi connectivity index (χ0) is 10.6. The van der Waals surface area contributed by atoms with Crippen molar-refractivity contribution in [2.24, 2.45) is 5.92 Å². The largest absolute Gasteiger partial charge is 0.463 e. The van der Waals surface area contributed by atoms with Crippen LogP contribution in [0.2, 0.25) is 0 Å². The lowest BCUT2D eigenvalue weighted by Crippen LogP contribution is -2.26. The first-order valence-corrected chi connectivity index (χ1v) is 4.22. The standard InChI is InChI=1S/C9H12O5/c1-3-7(10)13-5-14-8-6(2)4-12-9(8)11/h3,6,8H,1,4-5H2,2H3. The zero-order valence-corrected chi connectivity index (χ0v) is 7.89. The summed E-state index contributed by atoms with van der Waals surface area (Å²) in [5.74, 6) is -0.999. The number of carbonyl (C=O) groups excluding carboxylic acids is 2. The highest BCUT2D eigenvalue weighted by molar-refractivity contribution is 5.81. The Morgan fingerprint density at radius 2 is 2.50 bits per heavy atom. The molecule has 0 aromatic rings. The average molecular weight is 200 g/mol. The molecule has 0 bridgehead atoms. The summed E-state index contributed by atoms with van der Waals surface area (Å²) in [6, 6.07) is 0. The second-order valence-corrected chi connectivity index (χ2v) is 2.98. The van der Waals surface area contributed by atoms with Crippen LogP contribution in [0.1, 0.15) is 6.92 Å². The van der Waals surface area contributed by atoms with Gasteiger partial charge in [0.15, 0.2) is 12.9 Å². The van der Waals surface area contributed by atoms with E-state index in [1.54, 1.807) is 0 Å². The lowest BCUT2D eigenvalue weighted by Gasteiger charge is -2.11. The van der Waals surface area contributed by atoms with Crippen LogP contribution in [-0.4, -0.2) is 31.4 Å². The molecule has 0 amide bonds. The SMILES string of the molecule is C=CC(=O)OCOC1C(=O)OCC1C. The molecule has 1 aliphatic heterocycles. The Morgan fingerprint density at radius 1 is 1.79 bits per heavy atom. The van der Waals surface area contributed by atoms with Crippen LogP contribution in [-0.2, 0) is 23.8 Å². The summed E-state index contributed by atoms with van der Waals surface area (Å²) in [5, 5.41) is 0. The molecular formula is C9H12O5. The Hall–Kier alpha value is -1.36. The first kappa shape index (κ1) is 10.7. The van der Waals surface area contributed by atoms with E-state index >= 15 is 0 Å². The molecule has 1 heterocycles. The molecule has 0 saturated carbocycles. The Labute approximate surface area is 81.6 Å². The highest BCUT2D eigenvalue weighted by Crippen LogP contribution is 2.17. The molecule has 78 valence electrons. The summed E-state index contributed by atoms with van der Waals surface area (Å²) in [6.45, 7) is 5.13. The molecule has 0 aromatic heterocycles. The maximum atomic E-state index is 11.0. The van der Waals surface area contributed by atoms with Gasteiger partial charge in [0.05, 0.1) is 6.61 Å². The van der Waals surface area contributed by atoms with Gasteiger partial charge < -0.3 is 14.2 Å². The minimum absolute atomic E-state index is 0.00932. The van der Waals surface area contributed by atoms with Crippen LogP contribution in [0.15, 0.2) is 12.7 Å². The van der Waals surface area contributed by atoms with Crippen molar-refractivity contribution in [1.29, 1.82) is 0 Å². The molecule has 0 spiro atoms. The Kier molecular flexibility index (Phi) is 3.64. The fraction of sp³-hybridized carbons (Fsp3) is 0.556. The summed E-state index contributed by atoms with van der Waals surface area (Å²) < 4.78 is 14.3. The van der Waals surface area contributed by atoms with Crippen molar-refractivity contribution in [1.82, 2.24) is 0 Å². The number of hydrogen-bond donors (Lipinski definition) is 0. The quantitative estimate of drug-likeness (QED) is 0.370. The van der Waals surface area contributed by atoms with Crippen molar-refractivity contribution in [3.63, 3.8) is 0 Å². The van der Waals surface area contributed by atoms with Crippen molar-refractivity contribution in [2.75, 3.05) is 13.4 Å². The highest BCUT2D eigenvalue weighted by Gasteiger charge is 2.34. The van der Waals surface area contributed by atoms with Crippen LogP contribution in [0.5, 0.6) is 0 Å². The maximum absolute atomic E-state index is 11.0. The van der Waals surface area contributed by atoms with Gasteiger partial charge in [0.1, 0.15) is 0 Å². The van der Waals surface area contributed by atoms with E-state index in [1.165, 1.54) is 0 Å². The molecule has 5 nitrogen and oxygen atoms in total. The summed E-state index contributed by atoms with van der Waals surface area (Å²) in [4.78, 5) is 21.6. The molecule has 1 saturated heterocycles. The minimum atomic E-state index is -0.632. The summed E-state index contributed by atoms with van der Waals surface area (Å²) >= 11 is 0.